The molecule has 5 heterocycles. The zero-order valence-electron chi connectivity index (χ0n) is 43.0. The van der Waals surface area contributed by atoms with Crippen LogP contribution in [0.3, 0.4) is 0 Å². The van der Waals surface area contributed by atoms with Crippen LogP contribution in [0.2, 0.25) is 0 Å². The SMILES string of the molecule is C=CC(C)(CCC1(C)C(C)CC(OC2OC(C)C(O)C(O)C2OC2OC(C)C(O)C(O)C2O)C2(C)C(C)=CCCC12)OC1OC(C)C(O)C(OC2OC(C)C(O)C(O)C2O)C1OC1OC(C)C(O)C(O)C1O. The van der Waals surface area contributed by atoms with Crippen molar-refractivity contribution in [3.8, 4) is 0 Å². The van der Waals surface area contributed by atoms with Crippen LogP contribution in [0.15, 0.2) is 24.3 Å². The summed E-state index contributed by atoms with van der Waals surface area (Å²) in [5.74, 6) is -0.0455. The first kappa shape index (κ1) is 58.3. The Morgan fingerprint density at radius 2 is 0.972 bits per heavy atom. The van der Waals surface area contributed by atoms with Gasteiger partial charge in [0.15, 0.2) is 31.5 Å². The summed E-state index contributed by atoms with van der Waals surface area (Å²) in [6, 6.07) is 0. The topological polar surface area (TPSA) is 335 Å². The first-order valence-corrected chi connectivity index (χ1v) is 25.6. The van der Waals surface area contributed by atoms with Crippen LogP contribution in [0.25, 0.3) is 0 Å². The van der Waals surface area contributed by atoms with Crippen molar-refractivity contribution in [2.75, 3.05) is 0 Å². The smallest absolute Gasteiger partial charge is 0.187 e. The molecule has 72 heavy (non-hydrogen) atoms. The van der Waals surface area contributed by atoms with Crippen LogP contribution in [-0.4, -0.2) is 227 Å². The quantitative estimate of drug-likeness (QED) is 0.0903. The Balaban J connectivity index is 1.13. The zero-order valence-corrected chi connectivity index (χ0v) is 43.0. The van der Waals surface area contributed by atoms with Gasteiger partial charge in [0.05, 0.1) is 42.2 Å². The summed E-state index contributed by atoms with van der Waals surface area (Å²) in [7, 11) is 0. The molecule has 12 N–H and O–H groups in total. The van der Waals surface area contributed by atoms with Crippen LogP contribution < -0.4 is 0 Å². The molecule has 0 aromatic carbocycles. The Hall–Kier alpha value is -1.40. The third kappa shape index (κ3) is 10.9. The number of allylic oxidation sites excluding steroid dienone is 1. The molecule has 22 heteroatoms. The molecule has 5 aliphatic heterocycles. The molecule has 31 unspecified atom stereocenters. The van der Waals surface area contributed by atoms with Gasteiger partial charge < -0.3 is 109 Å². The molecular weight excluding hydrogens is 953 g/mol. The highest BCUT2D eigenvalue weighted by atomic mass is 16.8. The number of hydrogen-bond donors (Lipinski definition) is 12. The van der Waals surface area contributed by atoms with Crippen LogP contribution in [0.5, 0.6) is 0 Å². The third-order valence-electron chi connectivity index (χ3n) is 17.8. The maximum absolute atomic E-state index is 11.7. The van der Waals surface area contributed by atoms with Crippen molar-refractivity contribution < 1.29 is 109 Å². The summed E-state index contributed by atoms with van der Waals surface area (Å²) < 4.78 is 62.3. The second kappa shape index (κ2) is 22.5. The second-order valence-electron chi connectivity index (χ2n) is 22.4. The predicted molar refractivity (Wildman–Crippen MR) is 249 cm³/mol. The van der Waals surface area contributed by atoms with E-state index in [-0.39, 0.29) is 11.8 Å². The maximum atomic E-state index is 11.7. The Bertz CT molecular complexity index is 1850. The number of aliphatic hydroxyl groups is 12. The number of fused-ring (bicyclic) bond motifs is 1. The van der Waals surface area contributed by atoms with Gasteiger partial charge in [0.2, 0.25) is 0 Å². The fourth-order valence-electron chi connectivity index (χ4n) is 12.2. The van der Waals surface area contributed by atoms with Crippen LogP contribution in [0, 0.1) is 22.7 Å². The van der Waals surface area contributed by atoms with E-state index in [4.69, 9.17) is 47.4 Å². The van der Waals surface area contributed by atoms with Crippen LogP contribution in [0.1, 0.15) is 101 Å². The number of hydrogen-bond acceptors (Lipinski definition) is 22. The summed E-state index contributed by atoms with van der Waals surface area (Å²) in [5, 5.41) is 130. The molecule has 6 fully saturated rings. The van der Waals surface area contributed by atoms with E-state index in [1.807, 2.05) is 6.92 Å². The van der Waals surface area contributed by atoms with Crippen molar-refractivity contribution in [1.82, 2.24) is 0 Å². The third-order valence-corrected chi connectivity index (χ3v) is 17.8. The Morgan fingerprint density at radius 3 is 1.46 bits per heavy atom. The molecule has 7 aliphatic rings. The van der Waals surface area contributed by atoms with Gasteiger partial charge in [-0.05, 0) is 97.8 Å². The van der Waals surface area contributed by atoms with Gasteiger partial charge in [-0.1, -0.05) is 38.5 Å². The molecule has 31 atom stereocenters. The van der Waals surface area contributed by atoms with Crippen molar-refractivity contribution in [2.24, 2.45) is 22.7 Å². The number of ether oxygens (including phenoxy) is 10. The van der Waals surface area contributed by atoms with Gasteiger partial charge in [0.1, 0.15) is 91.6 Å². The predicted octanol–water partition coefficient (Wildman–Crippen LogP) is -1.27. The van der Waals surface area contributed by atoms with Crippen LogP contribution in [-0.2, 0) is 47.4 Å². The molecule has 0 spiro atoms. The van der Waals surface area contributed by atoms with E-state index in [0.29, 0.717) is 19.3 Å². The van der Waals surface area contributed by atoms with Gasteiger partial charge >= 0.3 is 0 Å². The average Bonchev–Trinajstić information content (AvgIpc) is 3.34. The Morgan fingerprint density at radius 1 is 0.556 bits per heavy atom. The minimum absolute atomic E-state index is 0.0171. The molecule has 0 bridgehead atoms. The molecule has 1 saturated carbocycles. The fraction of sp³-hybridized carbons (Fsp3) is 0.920. The molecule has 2 aliphatic carbocycles. The molecule has 0 aromatic heterocycles. The lowest BCUT2D eigenvalue weighted by Crippen LogP contribution is -2.66. The van der Waals surface area contributed by atoms with Crippen LogP contribution >= 0.6 is 0 Å². The highest BCUT2D eigenvalue weighted by Crippen LogP contribution is 2.63. The largest absolute Gasteiger partial charge is 0.388 e. The lowest BCUT2D eigenvalue weighted by molar-refractivity contribution is -0.393. The van der Waals surface area contributed by atoms with E-state index in [1.165, 1.54) is 20.8 Å². The van der Waals surface area contributed by atoms with Gasteiger partial charge in [-0.2, -0.15) is 0 Å². The van der Waals surface area contributed by atoms with Gasteiger partial charge in [0.25, 0.3) is 0 Å². The Kier molecular flexibility index (Phi) is 18.2. The Labute approximate surface area is 421 Å². The average molecular weight is 1040 g/mol. The summed E-state index contributed by atoms with van der Waals surface area (Å²) >= 11 is 0. The summed E-state index contributed by atoms with van der Waals surface area (Å²) in [4.78, 5) is 0. The molecule has 7 rings (SSSR count). The second-order valence-corrected chi connectivity index (χ2v) is 22.4. The van der Waals surface area contributed by atoms with Crippen molar-refractivity contribution in [3.05, 3.63) is 24.3 Å². The molecule has 0 aromatic rings. The molecule has 416 valence electrons. The van der Waals surface area contributed by atoms with Crippen LogP contribution in [0.4, 0.5) is 0 Å². The first-order chi connectivity index (χ1) is 33.6. The maximum Gasteiger partial charge on any atom is 0.187 e. The van der Waals surface area contributed by atoms with Crippen molar-refractivity contribution in [1.29, 1.82) is 0 Å². The monoisotopic (exact) mass is 1040 g/mol. The highest BCUT2D eigenvalue weighted by molar-refractivity contribution is 5.24. The number of aliphatic hydroxyl groups excluding tert-OH is 12. The van der Waals surface area contributed by atoms with Crippen molar-refractivity contribution in [3.63, 3.8) is 0 Å². The summed E-state index contributed by atoms with van der Waals surface area (Å²) in [6.45, 7) is 22.2. The lowest BCUT2D eigenvalue weighted by Gasteiger charge is -2.62. The zero-order chi connectivity index (χ0) is 53.3. The van der Waals surface area contributed by atoms with E-state index >= 15 is 0 Å². The van der Waals surface area contributed by atoms with Crippen molar-refractivity contribution >= 4 is 0 Å². The van der Waals surface area contributed by atoms with Crippen molar-refractivity contribution in [2.45, 2.75) is 267 Å². The lowest BCUT2D eigenvalue weighted by atomic mass is 9.45. The summed E-state index contributed by atoms with van der Waals surface area (Å²) in [6.07, 6.45) is -29.2. The standard InChI is InChI=1S/C50H84O22/c1-12-48(9,72-47-42(71-45-39(62)35(58)30(53)23(6)65-45)40(32(55)25(8)67-47)69-43-37(60)33(56)28(51)21(4)63-43)16-17-49(10)20(3)18-27(50(11)19(2)14-13-15-26(49)50)68-46-41(36(59)31(54)24(7)66-46)70-44-38(61)34(57)29(52)22(5)64-44/h12,14,20-47,51-62H,1,13,15-18H2,2-11H3. The normalized spacial score (nSPS) is 54.3. The fourth-order valence-corrected chi connectivity index (χ4v) is 12.2. The molecular formula is C50H84O22. The van der Waals surface area contributed by atoms with E-state index < -0.39 is 176 Å². The van der Waals surface area contributed by atoms with E-state index in [1.54, 1.807) is 19.9 Å². The van der Waals surface area contributed by atoms with Gasteiger partial charge in [-0.25, -0.2) is 0 Å². The van der Waals surface area contributed by atoms with Gasteiger partial charge in [-0.15, -0.1) is 6.58 Å². The first-order valence-electron chi connectivity index (χ1n) is 25.6. The van der Waals surface area contributed by atoms with E-state index in [2.05, 4.69) is 40.3 Å². The van der Waals surface area contributed by atoms with Gasteiger partial charge in [0, 0.05) is 5.41 Å². The summed E-state index contributed by atoms with van der Waals surface area (Å²) in [5.41, 5.74) is -1.14. The van der Waals surface area contributed by atoms with Gasteiger partial charge in [-0.3, -0.25) is 0 Å². The minimum Gasteiger partial charge on any atom is -0.388 e. The van der Waals surface area contributed by atoms with E-state index in [9.17, 15) is 61.3 Å². The molecule has 5 saturated heterocycles. The molecule has 0 radical (unpaired) electrons. The highest BCUT2D eigenvalue weighted by Gasteiger charge is 2.61. The molecule has 0 amide bonds. The minimum atomic E-state index is -1.79. The number of rotatable bonds is 14. The molecule has 22 nitrogen and oxygen atoms in total. The van der Waals surface area contributed by atoms with E-state index in [0.717, 1.165) is 18.4 Å².